The largest absolute Gasteiger partial charge is 0.458 e. The third kappa shape index (κ3) is 3.65. The van der Waals surface area contributed by atoms with E-state index in [1.165, 1.54) is 0 Å². The van der Waals surface area contributed by atoms with E-state index in [2.05, 4.69) is 12.1 Å². The van der Waals surface area contributed by atoms with Crippen molar-refractivity contribution in [3.05, 3.63) is 71.8 Å². The summed E-state index contributed by atoms with van der Waals surface area (Å²) in [6.45, 7) is 3.17. The molecule has 2 fully saturated rings. The Morgan fingerprint density at radius 1 is 1.08 bits per heavy atom. The van der Waals surface area contributed by atoms with E-state index < -0.39 is 0 Å². The van der Waals surface area contributed by atoms with Crippen LogP contribution in [0.3, 0.4) is 0 Å². The van der Waals surface area contributed by atoms with Gasteiger partial charge in [-0.05, 0) is 18.1 Å². The summed E-state index contributed by atoms with van der Waals surface area (Å²) in [6.07, 6.45) is -0.339. The summed E-state index contributed by atoms with van der Waals surface area (Å²) in [7, 11) is 0. The number of nitrogens with zero attached hydrogens (tertiary/aromatic N) is 1. The summed E-state index contributed by atoms with van der Waals surface area (Å²) in [6, 6.07) is 20.1. The first-order valence-corrected chi connectivity index (χ1v) is 9.03. The first kappa shape index (κ1) is 17.2. The van der Waals surface area contributed by atoms with Crippen molar-refractivity contribution < 1.29 is 19.1 Å². The Balaban J connectivity index is 1.47. The first-order chi connectivity index (χ1) is 12.7. The van der Waals surface area contributed by atoms with Gasteiger partial charge in [-0.25, -0.2) is 0 Å². The number of esters is 1. The highest BCUT2D eigenvalue weighted by atomic mass is 16.7. The Hall–Kier alpha value is -2.21. The maximum Gasteiger partial charge on any atom is 0.309 e. The number of rotatable bonds is 6. The smallest absolute Gasteiger partial charge is 0.309 e. The number of hydrogen-bond donors (Lipinski definition) is 0. The van der Waals surface area contributed by atoms with Crippen molar-refractivity contribution in [2.45, 2.75) is 50.8 Å². The molecule has 0 aliphatic carbocycles. The van der Waals surface area contributed by atoms with E-state index in [0.717, 1.165) is 11.1 Å². The Morgan fingerprint density at radius 2 is 1.73 bits per heavy atom. The number of hydroxylamine groups is 2. The van der Waals surface area contributed by atoms with Gasteiger partial charge in [0.05, 0.1) is 19.1 Å². The average molecular weight is 353 g/mol. The van der Waals surface area contributed by atoms with Crippen molar-refractivity contribution in [2.75, 3.05) is 0 Å². The van der Waals surface area contributed by atoms with Gasteiger partial charge in [-0.3, -0.25) is 9.63 Å². The number of hydrogen-bond acceptors (Lipinski definition) is 5. The van der Waals surface area contributed by atoms with Crippen LogP contribution < -0.4 is 0 Å². The Morgan fingerprint density at radius 3 is 2.42 bits per heavy atom. The molecule has 0 spiro atoms. The molecular formula is C21H23NO4. The van der Waals surface area contributed by atoms with Gasteiger partial charge in [-0.15, -0.1) is 0 Å². The molecule has 4 rings (SSSR count). The zero-order chi connectivity index (χ0) is 17.9. The summed E-state index contributed by atoms with van der Waals surface area (Å²) < 4.78 is 11.7. The molecule has 0 saturated carbocycles. The van der Waals surface area contributed by atoms with Crippen LogP contribution in [-0.2, 0) is 32.3 Å². The standard InChI is InChI=1S/C21H23NO4/c1-15(24-14-17-10-6-3-7-11-17)20-21-18(12-19(23)25-21)26-22(20)13-16-8-4-2-5-9-16/h2-11,15,18,20-21H,12-14H2,1H3/t15?,18-,20+,21+/m0/s1. The van der Waals surface area contributed by atoms with E-state index in [1.807, 2.05) is 60.5 Å². The molecular weight excluding hydrogens is 330 g/mol. The number of carbonyl (C=O) groups excluding carboxylic acids is 1. The predicted octanol–water partition coefficient (Wildman–Crippen LogP) is 3.09. The van der Waals surface area contributed by atoms with Crippen LogP contribution in [0, 0.1) is 0 Å². The van der Waals surface area contributed by atoms with Gasteiger partial charge in [0.2, 0.25) is 0 Å². The van der Waals surface area contributed by atoms with Crippen molar-refractivity contribution in [1.82, 2.24) is 5.06 Å². The van der Waals surface area contributed by atoms with Gasteiger partial charge >= 0.3 is 5.97 Å². The molecule has 5 heteroatoms. The zero-order valence-corrected chi connectivity index (χ0v) is 14.8. The van der Waals surface area contributed by atoms with Crippen LogP contribution in [0.4, 0.5) is 0 Å². The fourth-order valence-electron chi connectivity index (χ4n) is 3.66. The molecule has 2 saturated heterocycles. The van der Waals surface area contributed by atoms with Gasteiger partial charge in [0, 0.05) is 6.54 Å². The summed E-state index contributed by atoms with van der Waals surface area (Å²) in [4.78, 5) is 17.8. The Labute approximate surface area is 153 Å². The Bertz CT molecular complexity index is 736. The SMILES string of the molecule is CC(OCc1ccccc1)[C@@H]1[C@@H]2OC(=O)C[C@@H]2ON1Cc1ccccc1. The molecule has 2 aliphatic rings. The van der Waals surface area contributed by atoms with Crippen molar-refractivity contribution in [2.24, 2.45) is 0 Å². The molecule has 2 aliphatic heterocycles. The molecule has 0 bridgehead atoms. The number of fused-ring (bicyclic) bond motifs is 1. The van der Waals surface area contributed by atoms with Gasteiger partial charge in [-0.2, -0.15) is 5.06 Å². The van der Waals surface area contributed by atoms with E-state index in [-0.39, 0.29) is 30.3 Å². The maximum absolute atomic E-state index is 11.7. The molecule has 2 aromatic rings. The number of carbonyl (C=O) groups is 1. The lowest BCUT2D eigenvalue weighted by molar-refractivity contribution is -0.191. The van der Waals surface area contributed by atoms with Crippen molar-refractivity contribution in [3.63, 3.8) is 0 Å². The second-order valence-corrected chi connectivity index (χ2v) is 6.86. The van der Waals surface area contributed by atoms with Gasteiger partial charge in [-0.1, -0.05) is 60.7 Å². The topological polar surface area (TPSA) is 48.0 Å². The highest BCUT2D eigenvalue weighted by molar-refractivity contribution is 5.72. The third-order valence-electron chi connectivity index (χ3n) is 4.96. The quantitative estimate of drug-likeness (QED) is 0.747. The highest BCUT2D eigenvalue weighted by Gasteiger charge is 2.53. The summed E-state index contributed by atoms with van der Waals surface area (Å²) in [5.74, 6) is -0.195. The maximum atomic E-state index is 11.7. The minimum absolute atomic E-state index is 0.129. The fourth-order valence-corrected chi connectivity index (χ4v) is 3.66. The fraction of sp³-hybridized carbons (Fsp3) is 0.381. The van der Waals surface area contributed by atoms with Crippen molar-refractivity contribution in [1.29, 1.82) is 0 Å². The average Bonchev–Trinajstić information content (AvgIpc) is 3.16. The zero-order valence-electron chi connectivity index (χ0n) is 14.8. The summed E-state index contributed by atoms with van der Waals surface area (Å²) in [5, 5.41) is 1.92. The van der Waals surface area contributed by atoms with Gasteiger partial charge in [0.1, 0.15) is 12.1 Å². The normalized spacial score (nSPS) is 26.5. The molecule has 0 N–H and O–H groups in total. The van der Waals surface area contributed by atoms with Gasteiger partial charge in [0.25, 0.3) is 0 Å². The number of benzene rings is 2. The molecule has 0 aromatic heterocycles. The second-order valence-electron chi connectivity index (χ2n) is 6.86. The lowest BCUT2D eigenvalue weighted by Crippen LogP contribution is -2.45. The van der Waals surface area contributed by atoms with Crippen LogP contribution in [0.15, 0.2) is 60.7 Å². The van der Waals surface area contributed by atoms with E-state index in [9.17, 15) is 4.79 Å². The van der Waals surface area contributed by atoms with E-state index in [0.29, 0.717) is 19.6 Å². The minimum atomic E-state index is -0.281. The van der Waals surface area contributed by atoms with Crippen LogP contribution >= 0.6 is 0 Å². The molecule has 4 atom stereocenters. The van der Waals surface area contributed by atoms with Crippen molar-refractivity contribution in [3.8, 4) is 0 Å². The lowest BCUT2D eigenvalue weighted by atomic mass is 10.0. The first-order valence-electron chi connectivity index (χ1n) is 9.03. The van der Waals surface area contributed by atoms with Gasteiger partial charge < -0.3 is 9.47 Å². The molecule has 2 heterocycles. The molecule has 1 unspecified atom stereocenters. The van der Waals surface area contributed by atoms with E-state index in [4.69, 9.17) is 14.3 Å². The molecule has 26 heavy (non-hydrogen) atoms. The summed E-state index contributed by atoms with van der Waals surface area (Å²) in [5.41, 5.74) is 2.27. The molecule has 0 radical (unpaired) electrons. The minimum Gasteiger partial charge on any atom is -0.458 e. The Kier molecular flexibility index (Phi) is 5.02. The van der Waals surface area contributed by atoms with Crippen LogP contribution in [0.5, 0.6) is 0 Å². The number of ether oxygens (including phenoxy) is 2. The van der Waals surface area contributed by atoms with Crippen LogP contribution in [-0.4, -0.2) is 35.4 Å². The molecule has 136 valence electrons. The van der Waals surface area contributed by atoms with Crippen LogP contribution in [0.2, 0.25) is 0 Å². The van der Waals surface area contributed by atoms with Crippen LogP contribution in [0.1, 0.15) is 24.5 Å². The predicted molar refractivity (Wildman–Crippen MR) is 95.8 cm³/mol. The highest BCUT2D eigenvalue weighted by Crippen LogP contribution is 2.35. The third-order valence-corrected chi connectivity index (χ3v) is 4.96. The second kappa shape index (κ2) is 7.58. The molecule has 0 amide bonds. The monoisotopic (exact) mass is 353 g/mol. The molecule has 5 nitrogen and oxygen atoms in total. The van der Waals surface area contributed by atoms with Crippen molar-refractivity contribution >= 4 is 5.97 Å². The lowest BCUT2D eigenvalue weighted by Gasteiger charge is -2.30. The summed E-state index contributed by atoms with van der Waals surface area (Å²) >= 11 is 0. The van der Waals surface area contributed by atoms with E-state index in [1.54, 1.807) is 0 Å². The van der Waals surface area contributed by atoms with Gasteiger partial charge in [0.15, 0.2) is 6.10 Å². The van der Waals surface area contributed by atoms with E-state index >= 15 is 0 Å². The van der Waals surface area contributed by atoms with Crippen LogP contribution in [0.25, 0.3) is 0 Å². The molecule has 2 aromatic carbocycles.